The van der Waals surface area contributed by atoms with E-state index in [1.54, 1.807) is 36.6 Å². The van der Waals surface area contributed by atoms with Gasteiger partial charge < -0.3 is 15.2 Å². The summed E-state index contributed by atoms with van der Waals surface area (Å²) in [5.41, 5.74) is 1.99. The minimum Gasteiger partial charge on any atom is -0.496 e. The Morgan fingerprint density at radius 2 is 1.93 bits per heavy atom. The van der Waals surface area contributed by atoms with E-state index in [1.807, 2.05) is 18.2 Å². The van der Waals surface area contributed by atoms with Crippen LogP contribution in [-0.4, -0.2) is 41.1 Å². The summed E-state index contributed by atoms with van der Waals surface area (Å²) in [7, 11) is 0.532. The van der Waals surface area contributed by atoms with E-state index >= 15 is 0 Å². The Hall–Kier alpha value is -2.67. The summed E-state index contributed by atoms with van der Waals surface area (Å²) in [4.78, 5) is 24.0. The Bertz CT molecular complexity index is 837. The van der Waals surface area contributed by atoms with Gasteiger partial charge in [-0.1, -0.05) is 30.3 Å². The van der Waals surface area contributed by atoms with Crippen LogP contribution < -0.4 is 10.1 Å². The summed E-state index contributed by atoms with van der Waals surface area (Å²) in [6.07, 6.45) is 1.84. The van der Waals surface area contributed by atoms with Gasteiger partial charge in [-0.15, -0.1) is 0 Å². The van der Waals surface area contributed by atoms with Gasteiger partial charge in [-0.2, -0.15) is 0 Å². The first-order chi connectivity index (χ1) is 12.9. The molecule has 0 spiro atoms. The molecule has 6 nitrogen and oxygen atoms in total. The second-order valence-electron chi connectivity index (χ2n) is 6.18. The van der Waals surface area contributed by atoms with E-state index in [1.165, 1.54) is 7.11 Å². The molecule has 0 saturated carbocycles. The first-order valence-corrected chi connectivity index (χ1v) is 10.1. The van der Waals surface area contributed by atoms with Crippen LogP contribution in [0.4, 0.5) is 0 Å². The number of aliphatic carboxylic acids is 1. The summed E-state index contributed by atoms with van der Waals surface area (Å²) in [5.74, 6) is -1.14. The Balaban J connectivity index is 2.04. The average molecular weight is 389 g/mol. The van der Waals surface area contributed by atoms with E-state index in [0.717, 1.165) is 11.1 Å². The molecule has 0 aliphatic heterocycles. The maximum atomic E-state index is 12.4. The fourth-order valence-electron chi connectivity index (χ4n) is 2.74. The molecular weight excluding hydrogens is 366 g/mol. The lowest BCUT2D eigenvalue weighted by Crippen LogP contribution is -2.34. The predicted octanol–water partition coefficient (Wildman–Crippen LogP) is 2.25. The summed E-state index contributed by atoms with van der Waals surface area (Å²) < 4.78 is 16.6. The minimum absolute atomic E-state index is 0.00382. The molecule has 2 N–H and O–H groups in total. The third-order valence-electron chi connectivity index (χ3n) is 4.08. The van der Waals surface area contributed by atoms with Crippen LogP contribution in [0.1, 0.15) is 21.5 Å². The molecule has 2 aromatic carbocycles. The van der Waals surface area contributed by atoms with Crippen molar-refractivity contribution in [1.29, 1.82) is 0 Å². The van der Waals surface area contributed by atoms with Crippen LogP contribution in [-0.2, 0) is 27.8 Å². The number of benzene rings is 2. The van der Waals surface area contributed by atoms with E-state index in [2.05, 4.69) is 5.32 Å². The van der Waals surface area contributed by atoms with Gasteiger partial charge in [-0.3, -0.25) is 13.8 Å². The number of rotatable bonds is 9. The highest BCUT2D eigenvalue weighted by Crippen LogP contribution is 2.21. The SMILES string of the molecule is COc1ccccc1CC(CNC(=O)c1cccc(CS(C)=O)c1)C(=O)O. The van der Waals surface area contributed by atoms with Gasteiger partial charge in [0.15, 0.2) is 0 Å². The number of nitrogens with one attached hydrogen (secondary N) is 1. The monoisotopic (exact) mass is 389 g/mol. The van der Waals surface area contributed by atoms with Crippen molar-refractivity contribution in [2.45, 2.75) is 12.2 Å². The average Bonchev–Trinajstić information content (AvgIpc) is 2.64. The maximum Gasteiger partial charge on any atom is 0.308 e. The smallest absolute Gasteiger partial charge is 0.308 e. The zero-order chi connectivity index (χ0) is 19.8. The molecule has 0 radical (unpaired) electrons. The van der Waals surface area contributed by atoms with Gasteiger partial charge >= 0.3 is 5.97 Å². The lowest BCUT2D eigenvalue weighted by Gasteiger charge is -2.15. The lowest BCUT2D eigenvalue weighted by atomic mass is 9.98. The molecule has 0 bridgehead atoms. The van der Waals surface area contributed by atoms with Gasteiger partial charge in [0.25, 0.3) is 5.91 Å². The number of carboxylic acid groups (broad SMARTS) is 1. The molecule has 2 rings (SSSR count). The van der Waals surface area contributed by atoms with Crippen LogP contribution in [0.3, 0.4) is 0 Å². The van der Waals surface area contributed by atoms with Gasteiger partial charge in [-0.05, 0) is 35.7 Å². The number of methoxy groups -OCH3 is 1. The zero-order valence-electron chi connectivity index (χ0n) is 15.3. The van der Waals surface area contributed by atoms with E-state index in [0.29, 0.717) is 17.1 Å². The lowest BCUT2D eigenvalue weighted by molar-refractivity contribution is -0.141. The molecule has 0 fully saturated rings. The van der Waals surface area contributed by atoms with Crippen LogP contribution in [0.15, 0.2) is 48.5 Å². The Morgan fingerprint density at radius 1 is 1.19 bits per heavy atom. The standard InChI is InChI=1S/C20H23NO5S/c1-26-18-9-4-3-7-15(18)11-17(20(23)24)12-21-19(22)16-8-5-6-14(10-16)13-27(2)25/h3-10,17H,11-13H2,1-2H3,(H,21,22)(H,23,24). The van der Waals surface area contributed by atoms with Gasteiger partial charge in [-0.25, -0.2) is 0 Å². The fraction of sp³-hybridized carbons (Fsp3) is 0.300. The molecule has 0 heterocycles. The first kappa shape index (κ1) is 20.6. The van der Waals surface area contributed by atoms with E-state index in [9.17, 15) is 18.9 Å². The molecule has 0 aromatic heterocycles. The highest BCUT2D eigenvalue weighted by Gasteiger charge is 2.21. The van der Waals surface area contributed by atoms with Crippen molar-refractivity contribution < 1.29 is 23.6 Å². The van der Waals surface area contributed by atoms with Crippen molar-refractivity contribution in [2.75, 3.05) is 19.9 Å². The van der Waals surface area contributed by atoms with Crippen molar-refractivity contribution in [3.63, 3.8) is 0 Å². The topological polar surface area (TPSA) is 92.7 Å². The minimum atomic E-state index is -1.00. The van der Waals surface area contributed by atoms with Crippen molar-refractivity contribution in [2.24, 2.45) is 5.92 Å². The number of hydrogen-bond acceptors (Lipinski definition) is 4. The molecule has 2 unspecified atom stereocenters. The second kappa shape index (κ2) is 9.87. The predicted molar refractivity (Wildman–Crippen MR) is 104 cm³/mol. The number of carbonyl (C=O) groups excluding carboxylic acids is 1. The normalized spacial score (nSPS) is 12.8. The van der Waals surface area contributed by atoms with Gasteiger partial charge in [0.2, 0.25) is 0 Å². The number of ether oxygens (including phenoxy) is 1. The quantitative estimate of drug-likeness (QED) is 0.686. The van der Waals surface area contributed by atoms with Crippen molar-refractivity contribution in [1.82, 2.24) is 5.32 Å². The first-order valence-electron chi connectivity index (χ1n) is 8.42. The van der Waals surface area contributed by atoms with Crippen LogP contribution in [0.5, 0.6) is 5.75 Å². The molecule has 0 saturated heterocycles. The Labute approximate surface area is 161 Å². The second-order valence-corrected chi connectivity index (χ2v) is 7.61. The van der Waals surface area contributed by atoms with Crippen molar-refractivity contribution in [3.8, 4) is 5.75 Å². The third-order valence-corrected chi connectivity index (χ3v) is 4.82. The molecular formula is C20H23NO5S. The van der Waals surface area contributed by atoms with E-state index in [4.69, 9.17) is 4.74 Å². The zero-order valence-corrected chi connectivity index (χ0v) is 16.1. The fourth-order valence-corrected chi connectivity index (χ4v) is 3.39. The van der Waals surface area contributed by atoms with Crippen LogP contribution in [0, 0.1) is 5.92 Å². The molecule has 7 heteroatoms. The number of para-hydroxylation sites is 1. The summed E-state index contributed by atoms with van der Waals surface area (Å²) >= 11 is 0. The van der Waals surface area contributed by atoms with Crippen LogP contribution >= 0.6 is 0 Å². The highest BCUT2D eigenvalue weighted by atomic mass is 32.2. The van der Waals surface area contributed by atoms with Crippen molar-refractivity contribution >= 4 is 22.7 Å². The van der Waals surface area contributed by atoms with Gasteiger partial charge in [0, 0.05) is 34.9 Å². The van der Waals surface area contributed by atoms with Crippen molar-refractivity contribution in [3.05, 3.63) is 65.2 Å². The van der Waals surface area contributed by atoms with Gasteiger partial charge in [0.05, 0.1) is 13.0 Å². The molecule has 27 heavy (non-hydrogen) atoms. The molecule has 144 valence electrons. The van der Waals surface area contributed by atoms with Crippen LogP contribution in [0.2, 0.25) is 0 Å². The summed E-state index contributed by atoms with van der Waals surface area (Å²) in [6.45, 7) is -0.00382. The molecule has 0 aliphatic carbocycles. The highest BCUT2D eigenvalue weighted by molar-refractivity contribution is 7.83. The number of amides is 1. The third kappa shape index (κ3) is 6.21. The molecule has 2 atom stereocenters. The van der Waals surface area contributed by atoms with E-state index in [-0.39, 0.29) is 18.9 Å². The molecule has 0 aliphatic rings. The molecule has 1 amide bonds. The number of carbonyl (C=O) groups is 2. The Kier molecular flexibility index (Phi) is 7.55. The maximum absolute atomic E-state index is 12.4. The number of carboxylic acids is 1. The summed E-state index contributed by atoms with van der Waals surface area (Å²) in [6, 6.07) is 14.1. The van der Waals surface area contributed by atoms with E-state index < -0.39 is 22.7 Å². The number of hydrogen-bond donors (Lipinski definition) is 2. The summed E-state index contributed by atoms with van der Waals surface area (Å²) in [5, 5.41) is 12.2. The molecule has 2 aromatic rings. The van der Waals surface area contributed by atoms with Crippen LogP contribution in [0.25, 0.3) is 0 Å². The Morgan fingerprint density at radius 3 is 2.59 bits per heavy atom. The van der Waals surface area contributed by atoms with Gasteiger partial charge in [0.1, 0.15) is 5.75 Å². The largest absolute Gasteiger partial charge is 0.496 e.